The molecule has 0 aromatic heterocycles. The van der Waals surface area contributed by atoms with E-state index in [1.165, 1.54) is 11.8 Å². The van der Waals surface area contributed by atoms with Crippen molar-refractivity contribution < 1.29 is 24.3 Å². The zero-order valence-corrected chi connectivity index (χ0v) is 10.9. The number of hydrogen-bond acceptors (Lipinski definition) is 4. The van der Waals surface area contributed by atoms with Crippen LogP contribution in [0.2, 0.25) is 0 Å². The predicted octanol–water partition coefficient (Wildman–Crippen LogP) is -0.893. The number of carboxylic acids is 1. The summed E-state index contributed by atoms with van der Waals surface area (Å²) in [5.74, 6) is -2.78. The van der Waals surface area contributed by atoms with Crippen LogP contribution in [0.15, 0.2) is 0 Å². The molecule has 1 unspecified atom stereocenters. The van der Waals surface area contributed by atoms with E-state index in [2.05, 4.69) is 5.32 Å². The number of nitrogens with one attached hydrogen (secondary N) is 1. The first kappa shape index (κ1) is 14.9. The Morgan fingerprint density at radius 2 is 1.89 bits per heavy atom. The Morgan fingerprint density at radius 1 is 1.37 bits per heavy atom. The monoisotopic (exact) mass is 271 g/mol. The number of piperazine rings is 1. The molecule has 8 nitrogen and oxygen atoms in total. The first-order valence-corrected chi connectivity index (χ1v) is 5.94. The number of carbonyl (C=O) groups is 4. The summed E-state index contributed by atoms with van der Waals surface area (Å²) in [4.78, 5) is 47.7. The third kappa shape index (κ3) is 3.94. The van der Waals surface area contributed by atoms with Gasteiger partial charge in [0.2, 0.25) is 11.8 Å². The normalized spacial score (nSPS) is 16.8. The van der Waals surface area contributed by atoms with Crippen molar-refractivity contribution in [3.8, 4) is 0 Å². The van der Waals surface area contributed by atoms with Gasteiger partial charge in [0.1, 0.15) is 13.1 Å². The van der Waals surface area contributed by atoms with Crippen LogP contribution in [-0.4, -0.2) is 64.9 Å². The molecule has 0 bridgehead atoms. The maximum Gasteiger partial charge on any atom is 0.320 e. The van der Waals surface area contributed by atoms with E-state index in [4.69, 9.17) is 5.11 Å². The fourth-order valence-corrected chi connectivity index (χ4v) is 1.72. The molecule has 1 aliphatic rings. The number of urea groups is 1. The van der Waals surface area contributed by atoms with Gasteiger partial charge in [-0.2, -0.15) is 0 Å². The molecule has 0 aromatic rings. The Hall–Kier alpha value is -2.12. The molecule has 1 rings (SSSR count). The van der Waals surface area contributed by atoms with Crippen molar-refractivity contribution in [3.05, 3.63) is 0 Å². The van der Waals surface area contributed by atoms with Gasteiger partial charge in [0.25, 0.3) is 0 Å². The molecular formula is C11H17N3O5. The minimum absolute atomic E-state index is 0.0387. The summed E-state index contributed by atoms with van der Waals surface area (Å²) in [5, 5.41) is 10.9. The van der Waals surface area contributed by atoms with Crippen molar-refractivity contribution in [3.63, 3.8) is 0 Å². The van der Waals surface area contributed by atoms with Gasteiger partial charge >= 0.3 is 12.0 Å². The molecule has 0 saturated carbocycles. The number of rotatable bonds is 4. The van der Waals surface area contributed by atoms with Gasteiger partial charge in [0.15, 0.2) is 0 Å². The van der Waals surface area contributed by atoms with Crippen molar-refractivity contribution in [2.45, 2.75) is 13.8 Å². The number of nitrogens with zero attached hydrogens (tertiary/aromatic N) is 2. The molecule has 19 heavy (non-hydrogen) atoms. The summed E-state index contributed by atoms with van der Waals surface area (Å²) in [6.45, 7) is 3.16. The maximum atomic E-state index is 12.1. The van der Waals surface area contributed by atoms with Crippen LogP contribution < -0.4 is 5.32 Å². The van der Waals surface area contributed by atoms with Crippen molar-refractivity contribution in [2.24, 2.45) is 5.92 Å². The van der Waals surface area contributed by atoms with Crippen LogP contribution in [0.4, 0.5) is 4.79 Å². The minimum atomic E-state index is -1.00. The zero-order chi connectivity index (χ0) is 14.6. The molecule has 0 spiro atoms. The highest BCUT2D eigenvalue weighted by Crippen LogP contribution is 2.06. The number of hydrogen-bond donors (Lipinski definition) is 2. The van der Waals surface area contributed by atoms with E-state index in [0.29, 0.717) is 6.54 Å². The Labute approximate surface area is 110 Å². The van der Waals surface area contributed by atoms with Gasteiger partial charge in [-0.05, 0) is 6.92 Å². The van der Waals surface area contributed by atoms with Gasteiger partial charge in [0.05, 0.1) is 5.92 Å². The average Bonchev–Trinajstić information content (AvgIpc) is 2.33. The first-order chi connectivity index (χ1) is 8.85. The van der Waals surface area contributed by atoms with E-state index in [1.807, 2.05) is 0 Å². The molecule has 1 saturated heterocycles. The number of carboxylic acid groups (broad SMARTS) is 1. The van der Waals surface area contributed by atoms with E-state index in [1.54, 1.807) is 6.92 Å². The summed E-state index contributed by atoms with van der Waals surface area (Å²) < 4.78 is 0. The van der Waals surface area contributed by atoms with Crippen LogP contribution in [0.3, 0.4) is 0 Å². The summed E-state index contributed by atoms with van der Waals surface area (Å²) >= 11 is 0. The van der Waals surface area contributed by atoms with E-state index in [9.17, 15) is 19.2 Å². The van der Waals surface area contributed by atoms with E-state index >= 15 is 0 Å². The summed E-state index contributed by atoms with van der Waals surface area (Å²) in [6.07, 6.45) is 0. The van der Waals surface area contributed by atoms with E-state index in [0.717, 1.165) is 4.90 Å². The molecule has 1 heterocycles. The van der Waals surface area contributed by atoms with E-state index in [-0.39, 0.29) is 19.6 Å². The highest BCUT2D eigenvalue weighted by molar-refractivity contribution is 6.02. The fraction of sp³-hybridized carbons (Fsp3) is 0.636. The lowest BCUT2D eigenvalue weighted by molar-refractivity contribution is -0.142. The zero-order valence-electron chi connectivity index (χ0n) is 10.9. The number of carbonyl (C=O) groups excluding carboxylic acids is 3. The maximum absolute atomic E-state index is 12.1. The largest absolute Gasteiger partial charge is 0.481 e. The Bertz CT molecular complexity index is 393. The molecule has 1 fully saturated rings. The van der Waals surface area contributed by atoms with Crippen molar-refractivity contribution in [1.82, 2.24) is 15.1 Å². The van der Waals surface area contributed by atoms with Crippen LogP contribution in [0.5, 0.6) is 0 Å². The lowest BCUT2D eigenvalue weighted by Crippen LogP contribution is -2.57. The van der Waals surface area contributed by atoms with Crippen molar-refractivity contribution in [2.75, 3.05) is 26.2 Å². The van der Waals surface area contributed by atoms with Gasteiger partial charge in [0, 0.05) is 13.1 Å². The SMILES string of the molecule is CCN(CC(C)C(=O)O)C(=O)N1CC(=O)NC(=O)C1. The molecule has 0 aromatic carbocycles. The quantitative estimate of drug-likeness (QED) is 0.645. The number of amides is 4. The topological polar surface area (TPSA) is 107 Å². The summed E-state index contributed by atoms with van der Waals surface area (Å²) in [5.41, 5.74) is 0. The van der Waals surface area contributed by atoms with Crippen molar-refractivity contribution >= 4 is 23.8 Å². The van der Waals surface area contributed by atoms with Gasteiger partial charge in [-0.3, -0.25) is 19.7 Å². The van der Waals surface area contributed by atoms with Crippen LogP contribution in [0.1, 0.15) is 13.8 Å². The second kappa shape index (κ2) is 6.17. The summed E-state index contributed by atoms with van der Waals surface area (Å²) in [7, 11) is 0. The lowest BCUT2D eigenvalue weighted by Gasteiger charge is -2.32. The average molecular weight is 271 g/mol. The molecule has 0 aliphatic carbocycles. The Kier molecular flexibility index (Phi) is 4.85. The van der Waals surface area contributed by atoms with Gasteiger partial charge < -0.3 is 14.9 Å². The molecule has 1 atom stereocenters. The fourth-order valence-electron chi connectivity index (χ4n) is 1.72. The Morgan fingerprint density at radius 3 is 2.32 bits per heavy atom. The van der Waals surface area contributed by atoms with Gasteiger partial charge in [-0.1, -0.05) is 6.92 Å². The smallest absolute Gasteiger partial charge is 0.320 e. The second-order valence-electron chi connectivity index (χ2n) is 4.39. The van der Waals surface area contributed by atoms with Gasteiger partial charge in [-0.25, -0.2) is 4.79 Å². The highest BCUT2D eigenvalue weighted by atomic mass is 16.4. The summed E-state index contributed by atoms with van der Waals surface area (Å²) in [6, 6.07) is -0.501. The molecule has 0 radical (unpaired) electrons. The molecule has 2 N–H and O–H groups in total. The third-order valence-corrected chi connectivity index (χ3v) is 2.79. The number of aliphatic carboxylic acids is 1. The van der Waals surface area contributed by atoms with E-state index < -0.39 is 29.7 Å². The van der Waals surface area contributed by atoms with Crippen molar-refractivity contribution in [1.29, 1.82) is 0 Å². The lowest BCUT2D eigenvalue weighted by atomic mass is 10.2. The highest BCUT2D eigenvalue weighted by Gasteiger charge is 2.30. The third-order valence-electron chi connectivity index (χ3n) is 2.79. The van der Waals surface area contributed by atoms with Gasteiger partial charge in [-0.15, -0.1) is 0 Å². The molecule has 4 amide bonds. The van der Waals surface area contributed by atoms with Crippen LogP contribution in [0, 0.1) is 5.92 Å². The Balaban J connectivity index is 2.70. The second-order valence-corrected chi connectivity index (χ2v) is 4.39. The minimum Gasteiger partial charge on any atom is -0.481 e. The van der Waals surface area contributed by atoms with Crippen LogP contribution in [-0.2, 0) is 14.4 Å². The molecule has 106 valence electrons. The molecular weight excluding hydrogens is 254 g/mol. The van der Waals surface area contributed by atoms with Crippen LogP contribution in [0.25, 0.3) is 0 Å². The molecule has 1 aliphatic heterocycles. The van der Waals surface area contributed by atoms with Crippen LogP contribution >= 0.6 is 0 Å². The number of imide groups is 1. The predicted molar refractivity (Wildman–Crippen MR) is 64.2 cm³/mol. The molecule has 8 heteroatoms. The first-order valence-electron chi connectivity index (χ1n) is 5.94. The standard InChI is InChI=1S/C11H17N3O5/c1-3-13(4-7(2)10(17)18)11(19)14-5-8(15)12-9(16)6-14/h7H,3-6H2,1-2H3,(H,17,18)(H,12,15,16).